The van der Waals surface area contributed by atoms with Crippen molar-refractivity contribution in [3.05, 3.63) is 82.9 Å². The van der Waals surface area contributed by atoms with Crippen LogP contribution in [0, 0.1) is 11.8 Å². The minimum absolute atomic E-state index is 0.778. The van der Waals surface area contributed by atoms with Crippen LogP contribution in [0.15, 0.2) is 60.7 Å². The molecule has 0 spiro atoms. The van der Waals surface area contributed by atoms with E-state index in [2.05, 4.69) is 86.7 Å². The third-order valence-corrected chi connectivity index (χ3v) is 16.8. The Balaban J connectivity index is 1.30. The summed E-state index contributed by atoms with van der Waals surface area (Å²) in [5.74, 6) is 3.13. The smallest absolute Gasteiger partial charge is 0.0593 e. The SMILES string of the molecule is CC[Si](CC)(C1CC2C=Cc3ccccc3C2C1)C1CC2C=Cc3ccccc3C2C1. The van der Waals surface area contributed by atoms with E-state index in [1.54, 1.807) is 11.1 Å². The molecule has 0 N–H and O–H groups in total. The summed E-state index contributed by atoms with van der Waals surface area (Å²) in [6, 6.07) is 21.4. The molecule has 0 aliphatic heterocycles. The van der Waals surface area contributed by atoms with Crippen LogP contribution in [0.5, 0.6) is 0 Å². The third kappa shape index (κ3) is 2.99. The van der Waals surface area contributed by atoms with Gasteiger partial charge in [0.1, 0.15) is 0 Å². The van der Waals surface area contributed by atoms with E-state index in [0.717, 1.165) is 34.8 Å². The fourth-order valence-electron chi connectivity index (χ4n) is 8.41. The van der Waals surface area contributed by atoms with Gasteiger partial charge in [-0.2, -0.15) is 0 Å². The molecular weight excluding hydrogens is 388 g/mol. The summed E-state index contributed by atoms with van der Waals surface area (Å²) in [6.45, 7) is 5.13. The van der Waals surface area contributed by atoms with Gasteiger partial charge in [-0.15, -0.1) is 0 Å². The van der Waals surface area contributed by atoms with Crippen LogP contribution in [0.4, 0.5) is 0 Å². The lowest BCUT2D eigenvalue weighted by atomic mass is 9.82. The first kappa shape index (κ1) is 19.8. The molecule has 0 aromatic heterocycles. The Morgan fingerprint density at radius 3 is 1.55 bits per heavy atom. The van der Waals surface area contributed by atoms with Gasteiger partial charge < -0.3 is 0 Å². The summed E-state index contributed by atoms with van der Waals surface area (Å²) < 4.78 is 0. The summed E-state index contributed by atoms with van der Waals surface area (Å²) in [6.07, 6.45) is 15.8. The van der Waals surface area contributed by atoms with Crippen LogP contribution < -0.4 is 0 Å². The van der Waals surface area contributed by atoms with E-state index in [1.807, 2.05) is 0 Å². The lowest BCUT2D eigenvalue weighted by Crippen LogP contribution is -2.42. The average molecular weight is 425 g/mol. The minimum Gasteiger partial charge on any atom is -0.0802 e. The Bertz CT molecular complexity index is 947. The topological polar surface area (TPSA) is 0 Å². The third-order valence-electron chi connectivity index (χ3n) is 10.0. The monoisotopic (exact) mass is 424 g/mol. The Morgan fingerprint density at radius 2 is 1.10 bits per heavy atom. The van der Waals surface area contributed by atoms with Crippen molar-refractivity contribution in [1.29, 1.82) is 0 Å². The first-order valence-corrected chi connectivity index (χ1v) is 15.3. The summed E-state index contributed by atoms with van der Waals surface area (Å²) in [5.41, 5.74) is 8.25. The normalized spacial score (nSPS) is 33.0. The van der Waals surface area contributed by atoms with Gasteiger partial charge in [-0.05, 0) is 82.7 Å². The van der Waals surface area contributed by atoms with E-state index in [9.17, 15) is 0 Å². The van der Waals surface area contributed by atoms with Crippen LogP contribution in [0.1, 0.15) is 73.6 Å². The van der Waals surface area contributed by atoms with E-state index in [-0.39, 0.29) is 0 Å². The Labute approximate surface area is 189 Å². The number of benzene rings is 2. The molecule has 0 amide bonds. The Kier molecular flexibility index (Phi) is 4.87. The highest BCUT2D eigenvalue weighted by atomic mass is 28.3. The number of rotatable bonds is 4. The van der Waals surface area contributed by atoms with Crippen LogP contribution in [-0.2, 0) is 0 Å². The molecule has 2 aromatic carbocycles. The molecule has 0 nitrogen and oxygen atoms in total. The Morgan fingerprint density at radius 1 is 0.645 bits per heavy atom. The summed E-state index contributed by atoms with van der Waals surface area (Å²) >= 11 is 0. The van der Waals surface area contributed by atoms with E-state index in [4.69, 9.17) is 0 Å². The maximum Gasteiger partial charge on any atom is 0.0593 e. The van der Waals surface area contributed by atoms with Gasteiger partial charge >= 0.3 is 0 Å². The van der Waals surface area contributed by atoms with Crippen molar-refractivity contribution in [3.8, 4) is 0 Å². The largest absolute Gasteiger partial charge is 0.0802 e. The average Bonchev–Trinajstić information content (AvgIpc) is 3.46. The highest BCUT2D eigenvalue weighted by molar-refractivity contribution is 6.82. The molecule has 160 valence electrons. The molecule has 2 aromatic rings. The van der Waals surface area contributed by atoms with Crippen molar-refractivity contribution in [2.75, 3.05) is 0 Å². The molecule has 6 unspecified atom stereocenters. The van der Waals surface area contributed by atoms with Gasteiger partial charge in [0.05, 0.1) is 8.07 Å². The van der Waals surface area contributed by atoms with Crippen LogP contribution in [0.25, 0.3) is 12.2 Å². The maximum absolute atomic E-state index is 2.57. The molecule has 0 radical (unpaired) electrons. The predicted octanol–water partition coefficient (Wildman–Crippen LogP) is 8.66. The lowest BCUT2D eigenvalue weighted by Gasteiger charge is -2.42. The van der Waals surface area contributed by atoms with E-state index < -0.39 is 8.07 Å². The van der Waals surface area contributed by atoms with Crippen molar-refractivity contribution < 1.29 is 0 Å². The second-order valence-corrected chi connectivity index (χ2v) is 16.3. The number of allylic oxidation sites excluding steroid dienone is 2. The van der Waals surface area contributed by atoms with Crippen molar-refractivity contribution in [1.82, 2.24) is 0 Å². The van der Waals surface area contributed by atoms with Crippen molar-refractivity contribution in [2.24, 2.45) is 11.8 Å². The molecule has 31 heavy (non-hydrogen) atoms. The second kappa shape index (κ2) is 7.62. The molecule has 2 fully saturated rings. The van der Waals surface area contributed by atoms with E-state index in [0.29, 0.717) is 0 Å². The zero-order valence-electron chi connectivity index (χ0n) is 19.1. The molecule has 0 bridgehead atoms. The van der Waals surface area contributed by atoms with Crippen molar-refractivity contribution >= 4 is 20.2 Å². The fourth-order valence-corrected chi connectivity index (χ4v) is 14.8. The van der Waals surface area contributed by atoms with Gasteiger partial charge in [0.15, 0.2) is 0 Å². The van der Waals surface area contributed by atoms with E-state index in [1.165, 1.54) is 48.9 Å². The van der Waals surface area contributed by atoms with Crippen LogP contribution in [0.2, 0.25) is 23.2 Å². The van der Waals surface area contributed by atoms with Crippen molar-refractivity contribution in [2.45, 2.75) is 74.5 Å². The number of fused-ring (bicyclic) bond motifs is 6. The van der Waals surface area contributed by atoms with Gasteiger partial charge in [-0.25, -0.2) is 0 Å². The number of hydrogen-bond acceptors (Lipinski definition) is 0. The van der Waals surface area contributed by atoms with E-state index >= 15 is 0 Å². The quantitative estimate of drug-likeness (QED) is 0.431. The van der Waals surface area contributed by atoms with Crippen LogP contribution >= 0.6 is 0 Å². The van der Waals surface area contributed by atoms with Gasteiger partial charge in [-0.1, -0.05) is 98.8 Å². The molecule has 4 aliphatic rings. The second-order valence-electron chi connectivity index (χ2n) is 10.8. The first-order valence-electron chi connectivity index (χ1n) is 12.8. The van der Waals surface area contributed by atoms with Gasteiger partial charge in [0.2, 0.25) is 0 Å². The summed E-state index contributed by atoms with van der Waals surface area (Å²) in [7, 11) is -1.36. The molecule has 0 heterocycles. The zero-order valence-corrected chi connectivity index (χ0v) is 20.1. The van der Waals surface area contributed by atoms with Crippen LogP contribution in [0.3, 0.4) is 0 Å². The lowest BCUT2D eigenvalue weighted by molar-refractivity contribution is 0.585. The summed E-state index contributed by atoms with van der Waals surface area (Å²) in [5, 5.41) is 0. The summed E-state index contributed by atoms with van der Waals surface area (Å²) in [4.78, 5) is 0. The van der Waals surface area contributed by atoms with Gasteiger partial charge in [-0.3, -0.25) is 0 Å². The first-order chi connectivity index (χ1) is 15.2. The standard InChI is InChI=1S/C30H36Si/c1-3-31(4-2,25-17-23-15-13-21-9-5-7-11-27(21)29(23)19-25)26-18-24-16-14-22-10-6-8-12-28(22)30(24)20-26/h5-16,23-26,29-30H,3-4,17-20H2,1-2H3. The molecule has 2 saturated carbocycles. The predicted molar refractivity (Wildman–Crippen MR) is 136 cm³/mol. The zero-order chi connectivity index (χ0) is 21.0. The molecule has 6 rings (SSSR count). The highest BCUT2D eigenvalue weighted by Crippen LogP contribution is 2.62. The molecule has 1 heteroatoms. The maximum atomic E-state index is 2.57. The van der Waals surface area contributed by atoms with Gasteiger partial charge in [0, 0.05) is 0 Å². The molecule has 0 saturated heterocycles. The highest BCUT2D eigenvalue weighted by Gasteiger charge is 2.53. The number of hydrogen-bond donors (Lipinski definition) is 0. The van der Waals surface area contributed by atoms with Gasteiger partial charge in [0.25, 0.3) is 0 Å². The molecular formula is C30H36Si. The molecule has 6 atom stereocenters. The van der Waals surface area contributed by atoms with Crippen molar-refractivity contribution in [3.63, 3.8) is 0 Å². The minimum atomic E-state index is -1.36. The molecule has 4 aliphatic carbocycles. The fraction of sp³-hybridized carbons (Fsp3) is 0.467. The Hall–Kier alpha value is -1.86. The van der Waals surface area contributed by atoms with Crippen LogP contribution in [-0.4, -0.2) is 8.07 Å².